The fourth-order valence-corrected chi connectivity index (χ4v) is 1.66. The first-order valence-electron chi connectivity index (χ1n) is 5.15. The van der Waals surface area contributed by atoms with Crippen molar-refractivity contribution in [1.29, 1.82) is 0 Å². The van der Waals surface area contributed by atoms with Crippen LogP contribution in [-0.2, 0) is 4.79 Å². The quantitative estimate of drug-likeness (QED) is 0.791. The van der Waals surface area contributed by atoms with Gasteiger partial charge in [-0.1, -0.05) is 24.3 Å². The summed E-state index contributed by atoms with van der Waals surface area (Å²) in [6.45, 7) is 0. The van der Waals surface area contributed by atoms with Crippen LogP contribution in [0.2, 0.25) is 0 Å². The van der Waals surface area contributed by atoms with Crippen LogP contribution in [0, 0.1) is 0 Å². The Kier molecular flexibility index (Phi) is 3.05. The van der Waals surface area contributed by atoms with Crippen LogP contribution < -0.4 is 0 Å². The third-order valence-electron chi connectivity index (χ3n) is 2.47. The molecular weight excluding hydrogens is 218 g/mol. The largest absolute Gasteiger partial charge is 0.481 e. The van der Waals surface area contributed by atoms with Gasteiger partial charge < -0.3 is 10.1 Å². The maximum Gasteiger partial charge on any atom is 0.307 e. The van der Waals surface area contributed by atoms with Crippen molar-refractivity contribution in [1.82, 2.24) is 4.98 Å². The van der Waals surface area contributed by atoms with E-state index in [1.54, 1.807) is 18.3 Å². The third-order valence-corrected chi connectivity index (χ3v) is 2.47. The Labute approximate surface area is 97.6 Å². The number of hydrogen-bond donors (Lipinski definition) is 2. The number of aromatic nitrogens is 1. The Bertz CT molecular complexity index is 596. The van der Waals surface area contributed by atoms with Gasteiger partial charge in [-0.05, 0) is 11.6 Å². The lowest BCUT2D eigenvalue weighted by molar-refractivity contribution is -0.135. The zero-order valence-electron chi connectivity index (χ0n) is 9.01. The van der Waals surface area contributed by atoms with Crippen LogP contribution in [0.25, 0.3) is 17.0 Å². The fourth-order valence-electron chi connectivity index (χ4n) is 1.66. The van der Waals surface area contributed by atoms with Crippen molar-refractivity contribution in [2.75, 3.05) is 0 Å². The Balaban J connectivity index is 2.29. The highest BCUT2D eigenvalue weighted by atomic mass is 16.4. The number of aromatic amines is 1. The van der Waals surface area contributed by atoms with E-state index < -0.39 is 5.97 Å². The van der Waals surface area contributed by atoms with Gasteiger partial charge in [0, 0.05) is 22.7 Å². The maximum absolute atomic E-state index is 10.7. The Morgan fingerprint density at radius 2 is 2.24 bits per heavy atom. The van der Waals surface area contributed by atoms with Gasteiger partial charge in [0.05, 0.1) is 6.42 Å². The molecule has 0 spiro atoms. The lowest BCUT2D eigenvalue weighted by Crippen LogP contribution is -1.89. The molecule has 1 aromatic carbocycles. The number of carboxylic acids is 1. The minimum Gasteiger partial charge on any atom is -0.481 e. The Morgan fingerprint density at radius 3 is 2.94 bits per heavy atom. The summed E-state index contributed by atoms with van der Waals surface area (Å²) in [6.07, 6.45) is 5.80. The van der Waals surface area contributed by atoms with Crippen LogP contribution >= 0.6 is 0 Å². The molecule has 17 heavy (non-hydrogen) atoms. The maximum atomic E-state index is 10.7. The normalized spacial score (nSPS) is 11.1. The second-order valence-electron chi connectivity index (χ2n) is 3.67. The number of H-pyrrole nitrogens is 1. The van der Waals surface area contributed by atoms with Gasteiger partial charge in [0.25, 0.3) is 0 Å². The highest BCUT2D eigenvalue weighted by molar-refractivity contribution is 5.97. The number of nitrogens with one attached hydrogen (secondary N) is 1. The molecule has 0 saturated heterocycles. The van der Waals surface area contributed by atoms with Crippen LogP contribution in [0.3, 0.4) is 0 Å². The Hall–Kier alpha value is -2.36. The molecule has 2 N–H and O–H groups in total. The number of aliphatic carboxylic acids is 1. The predicted molar refractivity (Wildman–Crippen MR) is 65.0 cm³/mol. The van der Waals surface area contributed by atoms with E-state index in [1.807, 2.05) is 18.2 Å². The lowest BCUT2D eigenvalue weighted by Gasteiger charge is -1.95. The molecule has 4 nitrogen and oxygen atoms in total. The van der Waals surface area contributed by atoms with E-state index in [2.05, 4.69) is 4.98 Å². The van der Waals surface area contributed by atoms with Gasteiger partial charge in [-0.25, -0.2) is 0 Å². The van der Waals surface area contributed by atoms with E-state index in [9.17, 15) is 9.59 Å². The molecule has 0 aliphatic carbocycles. The van der Waals surface area contributed by atoms with E-state index in [0.717, 1.165) is 22.8 Å². The number of aldehydes is 1. The molecular formula is C13H11NO3. The highest BCUT2D eigenvalue weighted by Gasteiger charge is 2.02. The second-order valence-corrected chi connectivity index (χ2v) is 3.67. The first-order valence-corrected chi connectivity index (χ1v) is 5.15. The average molecular weight is 229 g/mol. The summed E-state index contributed by atoms with van der Waals surface area (Å²) in [4.78, 5) is 24.1. The summed E-state index contributed by atoms with van der Waals surface area (Å²) in [5.41, 5.74) is 2.39. The minimum atomic E-state index is -0.856. The van der Waals surface area contributed by atoms with Gasteiger partial charge in [-0.2, -0.15) is 0 Å². The molecule has 0 bridgehead atoms. The molecule has 86 valence electrons. The minimum absolute atomic E-state index is 0.00233. The summed E-state index contributed by atoms with van der Waals surface area (Å²) in [6, 6.07) is 5.57. The van der Waals surface area contributed by atoms with Crippen molar-refractivity contribution < 1.29 is 14.7 Å². The summed E-state index contributed by atoms with van der Waals surface area (Å²) in [5, 5.41) is 9.37. The molecule has 1 heterocycles. The van der Waals surface area contributed by atoms with Crippen molar-refractivity contribution in [2.24, 2.45) is 0 Å². The van der Waals surface area contributed by atoms with Crippen LogP contribution in [0.4, 0.5) is 0 Å². The molecule has 0 amide bonds. The first-order chi connectivity index (χ1) is 8.20. The van der Waals surface area contributed by atoms with Gasteiger partial charge in [0.1, 0.15) is 0 Å². The van der Waals surface area contributed by atoms with Gasteiger partial charge in [-0.15, -0.1) is 0 Å². The van der Waals surface area contributed by atoms with E-state index in [4.69, 9.17) is 5.11 Å². The number of carbonyl (C=O) groups is 2. The SMILES string of the molecule is O=Cc1c[nH]c2cc(C=CCC(=O)O)ccc12. The van der Waals surface area contributed by atoms with Crippen molar-refractivity contribution in [2.45, 2.75) is 6.42 Å². The molecule has 0 aliphatic heterocycles. The van der Waals surface area contributed by atoms with E-state index >= 15 is 0 Å². The molecule has 0 unspecified atom stereocenters. The fraction of sp³-hybridized carbons (Fsp3) is 0.0769. The van der Waals surface area contributed by atoms with Gasteiger partial charge in [0.2, 0.25) is 0 Å². The zero-order chi connectivity index (χ0) is 12.3. The number of rotatable bonds is 4. The van der Waals surface area contributed by atoms with E-state index in [0.29, 0.717) is 5.56 Å². The first kappa shape index (κ1) is 11.1. The van der Waals surface area contributed by atoms with Crippen molar-refractivity contribution in [3.63, 3.8) is 0 Å². The summed E-state index contributed by atoms with van der Waals surface area (Å²) in [7, 11) is 0. The van der Waals surface area contributed by atoms with Crippen molar-refractivity contribution >= 4 is 29.2 Å². The van der Waals surface area contributed by atoms with Gasteiger partial charge in [0.15, 0.2) is 6.29 Å². The topological polar surface area (TPSA) is 70.2 Å². The molecule has 0 fully saturated rings. The van der Waals surface area contributed by atoms with Crippen LogP contribution in [0.15, 0.2) is 30.5 Å². The summed E-state index contributed by atoms with van der Waals surface area (Å²) >= 11 is 0. The molecule has 0 radical (unpaired) electrons. The van der Waals surface area contributed by atoms with Gasteiger partial charge >= 0.3 is 5.97 Å². The smallest absolute Gasteiger partial charge is 0.307 e. The number of fused-ring (bicyclic) bond motifs is 1. The number of carboxylic acid groups (broad SMARTS) is 1. The number of carbonyl (C=O) groups excluding carboxylic acids is 1. The van der Waals surface area contributed by atoms with E-state index in [1.165, 1.54) is 0 Å². The molecule has 2 aromatic rings. The standard InChI is InChI=1S/C13H11NO3/c15-8-10-7-14-12-6-9(4-5-11(10)12)2-1-3-13(16)17/h1-2,4-8,14H,3H2,(H,16,17). The molecule has 4 heteroatoms. The summed E-state index contributed by atoms with van der Waals surface area (Å²) < 4.78 is 0. The van der Waals surface area contributed by atoms with Crippen LogP contribution in [0.1, 0.15) is 22.3 Å². The predicted octanol–water partition coefficient (Wildman–Crippen LogP) is 2.47. The average Bonchev–Trinajstić information content (AvgIpc) is 2.70. The second kappa shape index (κ2) is 4.65. The third kappa shape index (κ3) is 2.42. The van der Waals surface area contributed by atoms with Crippen LogP contribution in [0.5, 0.6) is 0 Å². The molecule has 0 aliphatic rings. The number of benzene rings is 1. The number of hydrogen-bond acceptors (Lipinski definition) is 2. The van der Waals surface area contributed by atoms with Crippen LogP contribution in [-0.4, -0.2) is 22.3 Å². The van der Waals surface area contributed by atoms with Crippen molar-refractivity contribution in [3.8, 4) is 0 Å². The zero-order valence-corrected chi connectivity index (χ0v) is 9.01. The molecule has 2 rings (SSSR count). The molecule has 1 aromatic heterocycles. The molecule has 0 saturated carbocycles. The Morgan fingerprint density at radius 1 is 1.41 bits per heavy atom. The van der Waals surface area contributed by atoms with E-state index in [-0.39, 0.29) is 6.42 Å². The highest BCUT2D eigenvalue weighted by Crippen LogP contribution is 2.19. The van der Waals surface area contributed by atoms with Crippen molar-refractivity contribution in [3.05, 3.63) is 41.6 Å². The molecule has 0 atom stereocenters. The van der Waals surface area contributed by atoms with Gasteiger partial charge in [-0.3, -0.25) is 9.59 Å². The lowest BCUT2D eigenvalue weighted by atomic mass is 10.1. The monoisotopic (exact) mass is 229 g/mol. The summed E-state index contributed by atoms with van der Waals surface area (Å²) in [5.74, 6) is -0.856.